The number of benzene rings is 1. The molecule has 0 aliphatic carbocycles. The van der Waals surface area contributed by atoms with E-state index in [-0.39, 0.29) is 23.8 Å². The van der Waals surface area contributed by atoms with E-state index in [2.05, 4.69) is 22.4 Å². The van der Waals surface area contributed by atoms with Crippen molar-refractivity contribution in [3.63, 3.8) is 0 Å². The van der Waals surface area contributed by atoms with Gasteiger partial charge < -0.3 is 10.1 Å². The topological polar surface area (TPSA) is 51.2 Å². The molecule has 1 N–H and O–H groups in total. The third-order valence-electron chi connectivity index (χ3n) is 4.39. The maximum absolute atomic E-state index is 12.5. The Labute approximate surface area is 136 Å². The summed E-state index contributed by atoms with van der Waals surface area (Å²) < 4.78 is 5.34. The highest BCUT2D eigenvalue weighted by Gasteiger charge is 2.43. The maximum atomic E-state index is 12.5. The highest BCUT2D eigenvalue weighted by atomic mass is 16.5. The monoisotopic (exact) mass is 310 g/mol. The molecule has 23 heavy (non-hydrogen) atoms. The van der Waals surface area contributed by atoms with Crippen LogP contribution in [0.25, 0.3) is 0 Å². The van der Waals surface area contributed by atoms with Crippen molar-refractivity contribution in [3.05, 3.63) is 66.0 Å². The van der Waals surface area contributed by atoms with Crippen LogP contribution in [0, 0.1) is 5.92 Å². The van der Waals surface area contributed by atoms with Gasteiger partial charge in [0.05, 0.1) is 12.5 Å². The molecule has 4 heteroatoms. The minimum absolute atomic E-state index is 0.0592. The first-order chi connectivity index (χ1) is 11.3. The molecule has 0 amide bonds. The van der Waals surface area contributed by atoms with Gasteiger partial charge in [0.2, 0.25) is 0 Å². The Kier molecular flexibility index (Phi) is 5.03. The summed E-state index contributed by atoms with van der Waals surface area (Å²) in [5.41, 5.74) is 2.18. The second kappa shape index (κ2) is 7.38. The van der Waals surface area contributed by atoms with Gasteiger partial charge in [0.15, 0.2) is 0 Å². The maximum Gasteiger partial charge on any atom is 0.311 e. The van der Waals surface area contributed by atoms with Crippen LogP contribution in [0.15, 0.2) is 54.7 Å². The van der Waals surface area contributed by atoms with Gasteiger partial charge in [-0.15, -0.1) is 0 Å². The number of ether oxygens (including phenoxy) is 1. The Hall–Kier alpha value is -2.20. The summed E-state index contributed by atoms with van der Waals surface area (Å²) in [6.07, 6.45) is 2.59. The summed E-state index contributed by atoms with van der Waals surface area (Å²) in [6, 6.07) is 16.2. The fourth-order valence-electron chi connectivity index (χ4n) is 3.33. The zero-order chi connectivity index (χ0) is 16.1. The quantitative estimate of drug-likeness (QED) is 0.862. The van der Waals surface area contributed by atoms with Crippen LogP contribution in [-0.4, -0.2) is 30.1 Å². The van der Waals surface area contributed by atoms with E-state index < -0.39 is 0 Å². The lowest BCUT2D eigenvalue weighted by atomic mass is 9.85. The first-order valence-corrected chi connectivity index (χ1v) is 8.14. The minimum Gasteiger partial charge on any atom is -0.466 e. The van der Waals surface area contributed by atoms with E-state index in [1.807, 2.05) is 43.3 Å². The van der Waals surface area contributed by atoms with E-state index >= 15 is 0 Å². The molecule has 120 valence electrons. The Morgan fingerprint density at radius 3 is 2.70 bits per heavy atom. The highest BCUT2D eigenvalue weighted by molar-refractivity contribution is 5.75. The van der Waals surface area contributed by atoms with Gasteiger partial charge in [0, 0.05) is 30.4 Å². The Morgan fingerprint density at radius 1 is 1.22 bits per heavy atom. The zero-order valence-corrected chi connectivity index (χ0v) is 13.3. The second-order valence-corrected chi connectivity index (χ2v) is 5.84. The molecule has 0 bridgehead atoms. The molecule has 0 spiro atoms. The van der Waals surface area contributed by atoms with Gasteiger partial charge in [-0.1, -0.05) is 36.4 Å². The lowest BCUT2D eigenvalue weighted by Crippen LogP contribution is -2.35. The Morgan fingerprint density at radius 2 is 2.00 bits per heavy atom. The molecule has 3 atom stereocenters. The van der Waals surface area contributed by atoms with Crippen molar-refractivity contribution in [1.82, 2.24) is 10.3 Å². The normalized spacial score (nSPS) is 23.6. The molecule has 1 aromatic heterocycles. The average molecular weight is 310 g/mol. The van der Waals surface area contributed by atoms with Crippen LogP contribution in [0.1, 0.15) is 24.1 Å². The molecule has 0 radical (unpaired) electrons. The van der Waals surface area contributed by atoms with E-state index in [0.717, 1.165) is 18.7 Å². The number of esters is 1. The molecule has 3 rings (SSSR count). The number of hydrogen-bond donors (Lipinski definition) is 1. The van der Waals surface area contributed by atoms with E-state index in [9.17, 15) is 4.79 Å². The molecule has 1 aromatic carbocycles. The number of aromatic nitrogens is 1. The van der Waals surface area contributed by atoms with Crippen molar-refractivity contribution in [2.24, 2.45) is 5.92 Å². The molecular formula is C19H22N2O2. The summed E-state index contributed by atoms with van der Waals surface area (Å²) in [5.74, 6) is -0.275. The van der Waals surface area contributed by atoms with Crippen LogP contribution in [0.2, 0.25) is 0 Å². The molecule has 3 unspecified atom stereocenters. The van der Waals surface area contributed by atoms with Crippen molar-refractivity contribution >= 4 is 5.97 Å². The third kappa shape index (κ3) is 3.59. The highest BCUT2D eigenvalue weighted by Crippen LogP contribution is 2.33. The summed E-state index contributed by atoms with van der Waals surface area (Å²) in [4.78, 5) is 17.0. The van der Waals surface area contributed by atoms with E-state index in [4.69, 9.17) is 4.74 Å². The van der Waals surface area contributed by atoms with Gasteiger partial charge in [0.25, 0.3) is 0 Å². The first kappa shape index (κ1) is 15.7. The summed E-state index contributed by atoms with van der Waals surface area (Å²) >= 11 is 0. The molecule has 2 aromatic rings. The molecule has 1 saturated heterocycles. The number of nitrogens with one attached hydrogen (secondary N) is 1. The van der Waals surface area contributed by atoms with E-state index in [0.29, 0.717) is 6.61 Å². The lowest BCUT2D eigenvalue weighted by Gasteiger charge is -2.22. The van der Waals surface area contributed by atoms with Gasteiger partial charge in [-0.05, 0) is 31.0 Å². The fourth-order valence-corrected chi connectivity index (χ4v) is 3.33. The largest absolute Gasteiger partial charge is 0.466 e. The molecule has 1 aliphatic heterocycles. The Balaban J connectivity index is 1.83. The standard InChI is InChI=1S/C19H22N2O2/c1-2-23-19(22)18-15(16-10-6-7-11-20-16)13-21-17(18)12-14-8-4-3-5-9-14/h3-11,15,17-18,21H,2,12-13H2,1H3. The summed E-state index contributed by atoms with van der Waals surface area (Å²) in [7, 11) is 0. The van der Waals surface area contributed by atoms with E-state index in [1.54, 1.807) is 6.20 Å². The SMILES string of the molecule is CCOC(=O)C1C(Cc2ccccc2)NCC1c1ccccn1. The summed E-state index contributed by atoms with van der Waals surface area (Å²) in [6.45, 7) is 3.00. The average Bonchev–Trinajstić information content (AvgIpc) is 3.00. The van der Waals surface area contributed by atoms with Gasteiger partial charge in [-0.25, -0.2) is 0 Å². The number of pyridine rings is 1. The van der Waals surface area contributed by atoms with Crippen LogP contribution in [0.4, 0.5) is 0 Å². The third-order valence-corrected chi connectivity index (χ3v) is 4.39. The number of carbonyl (C=O) groups excluding carboxylic acids is 1. The van der Waals surface area contributed by atoms with Crippen LogP contribution in [-0.2, 0) is 16.0 Å². The number of rotatable bonds is 5. The first-order valence-electron chi connectivity index (χ1n) is 8.14. The molecule has 2 heterocycles. The fraction of sp³-hybridized carbons (Fsp3) is 0.368. The number of carbonyl (C=O) groups is 1. The lowest BCUT2D eigenvalue weighted by molar-refractivity contribution is -0.148. The Bertz CT molecular complexity index is 630. The van der Waals surface area contributed by atoms with Crippen molar-refractivity contribution in [1.29, 1.82) is 0 Å². The van der Waals surface area contributed by atoms with Crippen molar-refractivity contribution in [2.75, 3.05) is 13.2 Å². The second-order valence-electron chi connectivity index (χ2n) is 5.84. The van der Waals surface area contributed by atoms with Crippen LogP contribution in [0.3, 0.4) is 0 Å². The van der Waals surface area contributed by atoms with Crippen LogP contribution in [0.5, 0.6) is 0 Å². The molecule has 1 aliphatic rings. The predicted octanol–water partition coefficient (Wildman–Crippen LogP) is 2.56. The molecule has 4 nitrogen and oxygen atoms in total. The van der Waals surface area contributed by atoms with Crippen molar-refractivity contribution in [2.45, 2.75) is 25.3 Å². The molecular weight excluding hydrogens is 288 g/mol. The van der Waals surface area contributed by atoms with Crippen molar-refractivity contribution in [3.8, 4) is 0 Å². The van der Waals surface area contributed by atoms with Gasteiger partial charge >= 0.3 is 5.97 Å². The summed E-state index contributed by atoms with van der Waals surface area (Å²) in [5, 5.41) is 3.50. The van der Waals surface area contributed by atoms with E-state index in [1.165, 1.54) is 5.56 Å². The van der Waals surface area contributed by atoms with Gasteiger partial charge in [0.1, 0.15) is 0 Å². The van der Waals surface area contributed by atoms with Gasteiger partial charge in [-0.2, -0.15) is 0 Å². The number of nitrogens with zero attached hydrogens (tertiary/aromatic N) is 1. The van der Waals surface area contributed by atoms with Crippen molar-refractivity contribution < 1.29 is 9.53 Å². The smallest absolute Gasteiger partial charge is 0.311 e. The van der Waals surface area contributed by atoms with Gasteiger partial charge in [-0.3, -0.25) is 9.78 Å². The predicted molar refractivity (Wildman–Crippen MR) is 89.0 cm³/mol. The molecule has 0 saturated carbocycles. The molecule has 1 fully saturated rings. The van der Waals surface area contributed by atoms with Crippen LogP contribution < -0.4 is 5.32 Å². The van der Waals surface area contributed by atoms with Crippen LogP contribution >= 0.6 is 0 Å². The number of hydrogen-bond acceptors (Lipinski definition) is 4. The zero-order valence-electron chi connectivity index (χ0n) is 13.3. The minimum atomic E-state index is -0.204.